The normalized spacial score (nSPS) is 15.2. The van der Waals surface area contributed by atoms with Crippen molar-refractivity contribution in [2.24, 2.45) is 5.92 Å². The molecule has 5 nitrogen and oxygen atoms in total. The molecule has 0 bridgehead atoms. The summed E-state index contributed by atoms with van der Waals surface area (Å²) < 4.78 is 10.6. The second-order valence-electron chi connectivity index (χ2n) is 6.49. The number of furan rings is 1. The molecule has 132 valence electrons. The van der Waals surface area contributed by atoms with Gasteiger partial charge in [-0.3, -0.25) is 9.59 Å². The van der Waals surface area contributed by atoms with Gasteiger partial charge in [-0.2, -0.15) is 0 Å². The first-order chi connectivity index (χ1) is 12.0. The quantitative estimate of drug-likeness (QED) is 0.797. The highest BCUT2D eigenvalue weighted by Crippen LogP contribution is 2.25. The molecule has 0 N–H and O–H groups in total. The molecular formula is C20H23NO4. The number of carbonyl (C=O) groups excluding carboxylic acids is 2. The average Bonchev–Trinajstić information content (AvgIpc) is 2.99. The van der Waals surface area contributed by atoms with Crippen LogP contribution in [-0.2, 0) is 0 Å². The van der Waals surface area contributed by atoms with Crippen LogP contribution >= 0.6 is 0 Å². The van der Waals surface area contributed by atoms with Gasteiger partial charge in [0.2, 0.25) is 0 Å². The summed E-state index contributed by atoms with van der Waals surface area (Å²) in [6.45, 7) is 4.83. The third kappa shape index (κ3) is 3.60. The van der Waals surface area contributed by atoms with Crippen LogP contribution in [0.1, 0.15) is 45.1 Å². The molecule has 2 aromatic rings. The number of hydrogen-bond donors (Lipinski definition) is 0. The second kappa shape index (κ2) is 7.13. The molecule has 1 saturated heterocycles. The van der Waals surface area contributed by atoms with Gasteiger partial charge in [0.25, 0.3) is 5.91 Å². The van der Waals surface area contributed by atoms with Gasteiger partial charge in [-0.05, 0) is 57.0 Å². The van der Waals surface area contributed by atoms with E-state index in [1.807, 2.05) is 11.8 Å². The maximum absolute atomic E-state index is 12.6. The molecular weight excluding hydrogens is 318 g/mol. The van der Waals surface area contributed by atoms with Crippen LogP contribution in [0.5, 0.6) is 5.75 Å². The van der Waals surface area contributed by atoms with Gasteiger partial charge < -0.3 is 14.1 Å². The molecule has 1 amide bonds. The Morgan fingerprint density at radius 2 is 1.76 bits per heavy atom. The second-order valence-corrected chi connectivity index (χ2v) is 6.49. The van der Waals surface area contributed by atoms with Gasteiger partial charge in [-0.25, -0.2) is 0 Å². The number of ketones is 1. The predicted molar refractivity (Wildman–Crippen MR) is 94.1 cm³/mol. The monoisotopic (exact) mass is 341 g/mol. The SMILES string of the molecule is COc1ccc(C(=O)C2CCN(C(=O)c3cc(C)oc3C)CC2)cc1. The maximum atomic E-state index is 12.6. The number of ether oxygens (including phenoxy) is 1. The van der Waals surface area contributed by atoms with Crippen LogP contribution in [-0.4, -0.2) is 36.8 Å². The van der Waals surface area contributed by atoms with E-state index in [4.69, 9.17) is 9.15 Å². The molecule has 2 heterocycles. The zero-order chi connectivity index (χ0) is 18.0. The molecule has 0 aliphatic carbocycles. The smallest absolute Gasteiger partial charge is 0.257 e. The fourth-order valence-electron chi connectivity index (χ4n) is 3.35. The van der Waals surface area contributed by atoms with Gasteiger partial charge >= 0.3 is 0 Å². The van der Waals surface area contributed by atoms with Crippen molar-refractivity contribution in [3.8, 4) is 5.75 Å². The molecule has 1 fully saturated rings. The Balaban J connectivity index is 1.62. The standard InChI is InChI=1S/C20H23NO4/c1-13-12-18(14(2)25-13)20(23)21-10-8-16(9-11-21)19(22)15-4-6-17(24-3)7-5-15/h4-7,12,16H,8-11H2,1-3H3. The Hall–Kier alpha value is -2.56. The summed E-state index contributed by atoms with van der Waals surface area (Å²) >= 11 is 0. The Kier molecular flexibility index (Phi) is 4.93. The van der Waals surface area contributed by atoms with Crippen LogP contribution in [0.3, 0.4) is 0 Å². The molecule has 1 aromatic carbocycles. The number of likely N-dealkylation sites (tertiary alicyclic amines) is 1. The Morgan fingerprint density at radius 1 is 1.12 bits per heavy atom. The minimum atomic E-state index is -0.0374. The van der Waals surface area contributed by atoms with Gasteiger partial charge in [0.15, 0.2) is 5.78 Å². The zero-order valence-electron chi connectivity index (χ0n) is 14.9. The number of piperidine rings is 1. The fourth-order valence-corrected chi connectivity index (χ4v) is 3.35. The molecule has 1 aliphatic rings. The van der Waals surface area contributed by atoms with E-state index in [0.717, 1.165) is 11.5 Å². The molecule has 0 radical (unpaired) electrons. The van der Waals surface area contributed by atoms with E-state index in [-0.39, 0.29) is 17.6 Å². The summed E-state index contributed by atoms with van der Waals surface area (Å²) in [7, 11) is 1.60. The van der Waals surface area contributed by atoms with Crippen molar-refractivity contribution in [2.75, 3.05) is 20.2 Å². The van der Waals surface area contributed by atoms with Gasteiger partial charge in [0, 0.05) is 24.6 Å². The number of hydrogen-bond acceptors (Lipinski definition) is 4. The first kappa shape index (κ1) is 17.3. The van der Waals surface area contributed by atoms with Crippen molar-refractivity contribution in [1.82, 2.24) is 4.90 Å². The zero-order valence-corrected chi connectivity index (χ0v) is 14.9. The number of aryl methyl sites for hydroxylation is 2. The van der Waals surface area contributed by atoms with E-state index >= 15 is 0 Å². The molecule has 0 atom stereocenters. The van der Waals surface area contributed by atoms with E-state index in [0.29, 0.717) is 42.8 Å². The lowest BCUT2D eigenvalue weighted by Crippen LogP contribution is -2.40. The molecule has 1 aromatic heterocycles. The highest BCUT2D eigenvalue weighted by molar-refractivity contribution is 5.98. The van der Waals surface area contributed by atoms with E-state index in [2.05, 4.69) is 0 Å². The summed E-state index contributed by atoms with van der Waals surface area (Å²) in [6, 6.07) is 8.99. The molecule has 1 aliphatic heterocycles. The third-order valence-electron chi connectivity index (χ3n) is 4.80. The van der Waals surface area contributed by atoms with Gasteiger partial charge in [-0.15, -0.1) is 0 Å². The van der Waals surface area contributed by atoms with Crippen LogP contribution in [0.15, 0.2) is 34.7 Å². The minimum Gasteiger partial charge on any atom is -0.497 e. The van der Waals surface area contributed by atoms with E-state index < -0.39 is 0 Å². The fraction of sp³-hybridized carbons (Fsp3) is 0.400. The number of carbonyl (C=O) groups is 2. The van der Waals surface area contributed by atoms with Crippen LogP contribution in [0, 0.1) is 19.8 Å². The first-order valence-corrected chi connectivity index (χ1v) is 8.54. The topological polar surface area (TPSA) is 59.8 Å². The van der Waals surface area contributed by atoms with Crippen molar-refractivity contribution in [2.45, 2.75) is 26.7 Å². The van der Waals surface area contributed by atoms with E-state index in [9.17, 15) is 9.59 Å². The summed E-state index contributed by atoms with van der Waals surface area (Å²) in [6.07, 6.45) is 1.37. The van der Waals surface area contributed by atoms with E-state index in [1.165, 1.54) is 0 Å². The van der Waals surface area contributed by atoms with Gasteiger partial charge in [-0.1, -0.05) is 0 Å². The van der Waals surface area contributed by atoms with Crippen LogP contribution < -0.4 is 4.74 Å². The Morgan fingerprint density at radius 3 is 2.28 bits per heavy atom. The lowest BCUT2D eigenvalue weighted by atomic mass is 9.88. The molecule has 0 saturated carbocycles. The van der Waals surface area contributed by atoms with Crippen molar-refractivity contribution < 1.29 is 18.7 Å². The molecule has 3 rings (SSSR count). The number of benzene rings is 1. The van der Waals surface area contributed by atoms with Crippen molar-refractivity contribution >= 4 is 11.7 Å². The number of Topliss-reactive ketones (excluding diaryl/α,β-unsaturated/α-hetero) is 1. The third-order valence-corrected chi connectivity index (χ3v) is 4.80. The van der Waals surface area contributed by atoms with Gasteiger partial charge in [0.1, 0.15) is 17.3 Å². The Labute approximate surface area is 147 Å². The minimum absolute atomic E-state index is 0.00954. The first-order valence-electron chi connectivity index (χ1n) is 8.54. The Bertz CT molecular complexity index is 767. The highest BCUT2D eigenvalue weighted by Gasteiger charge is 2.29. The van der Waals surface area contributed by atoms with Crippen molar-refractivity contribution in [1.29, 1.82) is 0 Å². The number of rotatable bonds is 4. The molecule has 0 spiro atoms. The highest BCUT2D eigenvalue weighted by atomic mass is 16.5. The van der Waals surface area contributed by atoms with Crippen LogP contribution in [0.25, 0.3) is 0 Å². The number of methoxy groups -OCH3 is 1. The van der Waals surface area contributed by atoms with Crippen LogP contribution in [0.2, 0.25) is 0 Å². The van der Waals surface area contributed by atoms with Gasteiger partial charge in [0.05, 0.1) is 12.7 Å². The summed E-state index contributed by atoms with van der Waals surface area (Å²) in [4.78, 5) is 27.1. The molecule has 5 heteroatoms. The van der Waals surface area contributed by atoms with Crippen LogP contribution in [0.4, 0.5) is 0 Å². The largest absolute Gasteiger partial charge is 0.497 e. The van der Waals surface area contributed by atoms with E-state index in [1.54, 1.807) is 44.4 Å². The summed E-state index contributed by atoms with van der Waals surface area (Å²) in [5.41, 5.74) is 1.32. The molecule has 25 heavy (non-hydrogen) atoms. The lowest BCUT2D eigenvalue weighted by Gasteiger charge is -2.31. The maximum Gasteiger partial charge on any atom is 0.257 e. The predicted octanol–water partition coefficient (Wildman–Crippen LogP) is 3.64. The number of nitrogens with zero attached hydrogens (tertiary/aromatic N) is 1. The number of amides is 1. The molecule has 0 unspecified atom stereocenters. The summed E-state index contributed by atoms with van der Waals surface area (Å²) in [5, 5.41) is 0. The average molecular weight is 341 g/mol. The lowest BCUT2D eigenvalue weighted by molar-refractivity contribution is 0.0649. The summed E-state index contributed by atoms with van der Waals surface area (Å²) in [5.74, 6) is 2.23. The van der Waals surface area contributed by atoms with Crippen molar-refractivity contribution in [3.63, 3.8) is 0 Å². The van der Waals surface area contributed by atoms with Crippen molar-refractivity contribution in [3.05, 3.63) is 53.0 Å².